The molecule has 19 heavy (non-hydrogen) atoms. The molecule has 1 aromatic carbocycles. The lowest BCUT2D eigenvalue weighted by Gasteiger charge is -2.28. The number of rotatable bonds is 4. The average Bonchev–Trinajstić information content (AvgIpc) is 2.41. The molecular weight excluding hydrogens is 282 g/mol. The van der Waals surface area contributed by atoms with Crippen LogP contribution in [0.15, 0.2) is 29.2 Å². The van der Waals surface area contributed by atoms with Crippen LogP contribution in [-0.2, 0) is 4.79 Å². The van der Waals surface area contributed by atoms with Crippen molar-refractivity contribution in [1.29, 1.82) is 0 Å². The minimum absolute atomic E-state index is 0.0223. The van der Waals surface area contributed by atoms with Crippen LogP contribution in [0.1, 0.15) is 25.7 Å². The molecule has 1 aliphatic carbocycles. The topological polar surface area (TPSA) is 49.3 Å². The predicted octanol–water partition coefficient (Wildman–Crippen LogP) is 2.85. The summed E-state index contributed by atoms with van der Waals surface area (Å²) in [6.45, 7) is 0. The van der Waals surface area contributed by atoms with E-state index in [9.17, 15) is 9.90 Å². The fourth-order valence-electron chi connectivity index (χ4n) is 2.21. The molecule has 104 valence electrons. The van der Waals surface area contributed by atoms with Crippen LogP contribution in [0.3, 0.4) is 0 Å². The molecule has 0 bridgehead atoms. The van der Waals surface area contributed by atoms with Crippen molar-refractivity contribution in [2.75, 3.05) is 5.75 Å². The standard InChI is InChI=1S/C14H18ClNO2S/c15-10-5-7-11(8-6-10)19-9-14(18)16-12-3-1-2-4-13(12)17/h5-8,12-13,17H,1-4,9H2,(H,16,18)/t12-,13-/m0/s1. The molecule has 0 spiro atoms. The monoisotopic (exact) mass is 299 g/mol. The molecule has 0 aliphatic heterocycles. The van der Waals surface area contributed by atoms with Crippen molar-refractivity contribution in [3.63, 3.8) is 0 Å². The Labute approximate surface area is 122 Å². The summed E-state index contributed by atoms with van der Waals surface area (Å²) < 4.78 is 0. The molecule has 5 heteroatoms. The number of hydrogen-bond acceptors (Lipinski definition) is 3. The van der Waals surface area contributed by atoms with Crippen LogP contribution < -0.4 is 5.32 Å². The van der Waals surface area contributed by atoms with Gasteiger partial charge in [-0.15, -0.1) is 11.8 Å². The predicted molar refractivity (Wildman–Crippen MR) is 78.6 cm³/mol. The Kier molecular flexibility index (Phi) is 5.55. The fraction of sp³-hybridized carbons (Fsp3) is 0.500. The lowest BCUT2D eigenvalue weighted by Crippen LogP contribution is -2.45. The number of benzene rings is 1. The van der Waals surface area contributed by atoms with E-state index in [0.29, 0.717) is 10.8 Å². The van der Waals surface area contributed by atoms with E-state index in [1.807, 2.05) is 24.3 Å². The molecule has 0 radical (unpaired) electrons. The first-order valence-corrected chi connectivity index (χ1v) is 7.87. The summed E-state index contributed by atoms with van der Waals surface area (Å²) in [6.07, 6.45) is 3.39. The normalized spacial score (nSPS) is 23.1. The van der Waals surface area contributed by atoms with Crippen LogP contribution >= 0.6 is 23.4 Å². The van der Waals surface area contributed by atoms with Gasteiger partial charge in [-0.1, -0.05) is 24.4 Å². The maximum absolute atomic E-state index is 11.8. The van der Waals surface area contributed by atoms with Crippen molar-refractivity contribution < 1.29 is 9.90 Å². The third kappa shape index (κ3) is 4.71. The van der Waals surface area contributed by atoms with E-state index in [4.69, 9.17) is 11.6 Å². The van der Waals surface area contributed by atoms with E-state index in [0.717, 1.165) is 30.6 Å². The van der Waals surface area contributed by atoms with Gasteiger partial charge in [0.1, 0.15) is 0 Å². The Balaban J connectivity index is 1.76. The highest BCUT2D eigenvalue weighted by atomic mass is 35.5. The largest absolute Gasteiger partial charge is 0.391 e. The lowest BCUT2D eigenvalue weighted by molar-refractivity contribution is -0.120. The van der Waals surface area contributed by atoms with Crippen molar-refractivity contribution in [1.82, 2.24) is 5.32 Å². The molecular formula is C14H18ClNO2S. The lowest BCUT2D eigenvalue weighted by atomic mass is 9.93. The van der Waals surface area contributed by atoms with Gasteiger partial charge in [-0.25, -0.2) is 0 Å². The second-order valence-corrected chi connectivity index (χ2v) is 6.25. The average molecular weight is 300 g/mol. The summed E-state index contributed by atoms with van der Waals surface area (Å²) in [6, 6.07) is 7.34. The van der Waals surface area contributed by atoms with Gasteiger partial charge in [-0.05, 0) is 37.1 Å². The molecule has 1 saturated carbocycles. The van der Waals surface area contributed by atoms with E-state index in [2.05, 4.69) is 5.32 Å². The summed E-state index contributed by atoms with van der Waals surface area (Å²) in [7, 11) is 0. The van der Waals surface area contributed by atoms with Crippen LogP contribution in [0.4, 0.5) is 0 Å². The van der Waals surface area contributed by atoms with E-state index in [1.165, 1.54) is 11.8 Å². The Bertz CT molecular complexity index is 424. The van der Waals surface area contributed by atoms with Gasteiger partial charge in [0, 0.05) is 9.92 Å². The summed E-state index contributed by atoms with van der Waals surface area (Å²) in [5, 5.41) is 13.4. The molecule has 2 atom stereocenters. The molecule has 0 unspecified atom stereocenters. The maximum atomic E-state index is 11.8. The van der Waals surface area contributed by atoms with Gasteiger partial charge < -0.3 is 10.4 Å². The summed E-state index contributed by atoms with van der Waals surface area (Å²) >= 11 is 7.28. The third-order valence-corrected chi connectivity index (χ3v) is 4.52. The SMILES string of the molecule is O=C(CSc1ccc(Cl)cc1)N[C@H]1CCCC[C@@H]1O. The highest BCUT2D eigenvalue weighted by Crippen LogP contribution is 2.21. The number of halogens is 1. The molecule has 1 fully saturated rings. The van der Waals surface area contributed by atoms with Gasteiger partial charge in [-0.3, -0.25) is 4.79 Å². The van der Waals surface area contributed by atoms with Crippen molar-refractivity contribution in [2.45, 2.75) is 42.7 Å². The number of thioether (sulfide) groups is 1. The van der Waals surface area contributed by atoms with Crippen molar-refractivity contribution >= 4 is 29.3 Å². The second kappa shape index (κ2) is 7.17. The molecule has 1 aliphatic rings. The highest BCUT2D eigenvalue weighted by Gasteiger charge is 2.24. The molecule has 3 nitrogen and oxygen atoms in total. The van der Waals surface area contributed by atoms with E-state index in [1.54, 1.807) is 0 Å². The molecule has 2 N–H and O–H groups in total. The van der Waals surface area contributed by atoms with Crippen LogP contribution in [0.25, 0.3) is 0 Å². The van der Waals surface area contributed by atoms with Gasteiger partial charge in [0.15, 0.2) is 0 Å². The molecule has 0 aromatic heterocycles. The second-order valence-electron chi connectivity index (χ2n) is 4.77. The molecule has 0 saturated heterocycles. The Morgan fingerprint density at radius 3 is 2.68 bits per heavy atom. The molecule has 2 rings (SSSR count). The Morgan fingerprint density at radius 1 is 1.32 bits per heavy atom. The van der Waals surface area contributed by atoms with Crippen LogP contribution in [0, 0.1) is 0 Å². The smallest absolute Gasteiger partial charge is 0.230 e. The first kappa shape index (κ1) is 14.7. The number of hydrogen-bond donors (Lipinski definition) is 2. The van der Waals surface area contributed by atoms with Crippen molar-refractivity contribution in [3.8, 4) is 0 Å². The van der Waals surface area contributed by atoms with Crippen LogP contribution in [0.5, 0.6) is 0 Å². The number of aliphatic hydroxyl groups is 1. The number of carbonyl (C=O) groups excluding carboxylic acids is 1. The zero-order valence-corrected chi connectivity index (χ0v) is 12.2. The highest BCUT2D eigenvalue weighted by molar-refractivity contribution is 8.00. The van der Waals surface area contributed by atoms with Gasteiger partial charge in [0.05, 0.1) is 17.9 Å². The number of nitrogens with one attached hydrogen (secondary N) is 1. The summed E-state index contributed by atoms with van der Waals surface area (Å²) in [4.78, 5) is 12.8. The third-order valence-electron chi connectivity index (χ3n) is 3.26. The zero-order chi connectivity index (χ0) is 13.7. The van der Waals surface area contributed by atoms with Crippen LogP contribution in [-0.4, -0.2) is 28.9 Å². The minimum atomic E-state index is -0.391. The quantitative estimate of drug-likeness (QED) is 0.841. The van der Waals surface area contributed by atoms with Gasteiger partial charge >= 0.3 is 0 Å². The Morgan fingerprint density at radius 2 is 2.00 bits per heavy atom. The van der Waals surface area contributed by atoms with Gasteiger partial charge in [0.25, 0.3) is 0 Å². The number of carbonyl (C=O) groups is 1. The number of aliphatic hydroxyl groups excluding tert-OH is 1. The van der Waals surface area contributed by atoms with Gasteiger partial charge in [0.2, 0.25) is 5.91 Å². The van der Waals surface area contributed by atoms with Crippen molar-refractivity contribution in [3.05, 3.63) is 29.3 Å². The first-order valence-electron chi connectivity index (χ1n) is 6.51. The van der Waals surface area contributed by atoms with Gasteiger partial charge in [-0.2, -0.15) is 0 Å². The summed E-state index contributed by atoms with van der Waals surface area (Å²) in [5.74, 6) is 0.344. The zero-order valence-electron chi connectivity index (χ0n) is 10.6. The molecule has 0 heterocycles. The maximum Gasteiger partial charge on any atom is 0.230 e. The van der Waals surface area contributed by atoms with E-state index in [-0.39, 0.29) is 11.9 Å². The fourth-order valence-corrected chi connectivity index (χ4v) is 3.04. The van der Waals surface area contributed by atoms with Crippen molar-refractivity contribution in [2.24, 2.45) is 0 Å². The Hall–Kier alpha value is -0.710. The molecule has 1 amide bonds. The molecule has 1 aromatic rings. The first-order chi connectivity index (χ1) is 9.15. The van der Waals surface area contributed by atoms with Crippen LogP contribution in [0.2, 0.25) is 5.02 Å². The number of amides is 1. The van der Waals surface area contributed by atoms with E-state index < -0.39 is 6.10 Å². The summed E-state index contributed by atoms with van der Waals surface area (Å²) in [5.41, 5.74) is 0. The van der Waals surface area contributed by atoms with E-state index >= 15 is 0 Å². The minimum Gasteiger partial charge on any atom is -0.391 e.